The Kier molecular flexibility index (Phi) is 12.9. The van der Waals surface area contributed by atoms with Crippen LogP contribution in [0.5, 0.6) is 0 Å². The molecule has 1 rings (SSSR count). The Bertz CT molecular complexity index is 769. The maximum absolute atomic E-state index is 12.5. The molecule has 1 aliphatic heterocycles. The van der Waals surface area contributed by atoms with Crippen molar-refractivity contribution in [3.8, 4) is 0 Å². The van der Waals surface area contributed by atoms with Crippen LogP contribution in [0.1, 0.15) is 73.6 Å². The van der Waals surface area contributed by atoms with Gasteiger partial charge in [-0.25, -0.2) is 0 Å². The van der Waals surface area contributed by atoms with E-state index in [0.29, 0.717) is 12.8 Å². The summed E-state index contributed by atoms with van der Waals surface area (Å²) in [6.07, 6.45) is 5.78. The van der Waals surface area contributed by atoms with Crippen LogP contribution >= 0.6 is 0 Å². The van der Waals surface area contributed by atoms with Gasteiger partial charge in [0.1, 0.15) is 17.8 Å². The lowest BCUT2D eigenvalue weighted by molar-refractivity contribution is -0.157. The highest BCUT2D eigenvalue weighted by atomic mass is 16.6. The van der Waals surface area contributed by atoms with Crippen molar-refractivity contribution in [2.24, 2.45) is 11.8 Å². The van der Waals surface area contributed by atoms with Crippen LogP contribution in [0.15, 0.2) is 36.0 Å². The molecule has 0 radical (unpaired) electrons. The molecule has 200 valence electrons. The first kappa shape index (κ1) is 31.0. The number of esters is 2. The third-order valence-corrected chi connectivity index (χ3v) is 6.34. The first-order chi connectivity index (χ1) is 16.3. The molecule has 0 bridgehead atoms. The van der Waals surface area contributed by atoms with Gasteiger partial charge >= 0.3 is 11.9 Å². The molecule has 0 aromatic rings. The molecule has 8 nitrogen and oxygen atoms in total. The third kappa shape index (κ3) is 11.1. The molecular formula is C27H44O8. The summed E-state index contributed by atoms with van der Waals surface area (Å²) >= 11 is 0. The fraction of sp³-hybridized carbons (Fsp3) is 0.704. The van der Waals surface area contributed by atoms with Crippen molar-refractivity contribution in [3.63, 3.8) is 0 Å². The van der Waals surface area contributed by atoms with Crippen molar-refractivity contribution in [3.05, 3.63) is 36.0 Å². The van der Waals surface area contributed by atoms with Gasteiger partial charge in [-0.05, 0) is 57.1 Å². The normalized spacial score (nSPS) is 31.7. The summed E-state index contributed by atoms with van der Waals surface area (Å²) in [5, 5.41) is 40.9. The number of aliphatic hydroxyl groups excluding tert-OH is 3. The molecule has 8 atom stereocenters. The van der Waals surface area contributed by atoms with E-state index >= 15 is 0 Å². The van der Waals surface area contributed by atoms with E-state index in [4.69, 9.17) is 9.47 Å². The maximum atomic E-state index is 12.5. The van der Waals surface area contributed by atoms with Crippen LogP contribution in [0, 0.1) is 11.8 Å². The van der Waals surface area contributed by atoms with E-state index in [1.54, 1.807) is 12.2 Å². The first-order valence-corrected chi connectivity index (χ1v) is 12.4. The summed E-state index contributed by atoms with van der Waals surface area (Å²) in [5.41, 5.74) is -0.656. The Morgan fingerprint density at radius 2 is 1.94 bits per heavy atom. The van der Waals surface area contributed by atoms with Gasteiger partial charge in [0.05, 0.1) is 24.7 Å². The number of rotatable bonds is 8. The molecule has 0 saturated heterocycles. The molecule has 0 aromatic heterocycles. The zero-order valence-corrected chi connectivity index (χ0v) is 21.9. The zero-order chi connectivity index (χ0) is 26.8. The van der Waals surface area contributed by atoms with Crippen molar-refractivity contribution in [1.29, 1.82) is 0 Å². The topological polar surface area (TPSA) is 134 Å². The highest BCUT2D eigenvalue weighted by Crippen LogP contribution is 2.27. The molecular weight excluding hydrogens is 452 g/mol. The quantitative estimate of drug-likeness (QED) is 0.229. The maximum Gasteiger partial charge on any atom is 0.309 e. The number of aliphatic hydroxyl groups is 4. The van der Waals surface area contributed by atoms with Gasteiger partial charge in [-0.2, -0.15) is 0 Å². The van der Waals surface area contributed by atoms with Crippen LogP contribution in [0.3, 0.4) is 0 Å². The summed E-state index contributed by atoms with van der Waals surface area (Å²) in [5.74, 6) is -1.36. The van der Waals surface area contributed by atoms with Crippen LogP contribution in [-0.4, -0.2) is 68.5 Å². The highest BCUT2D eigenvalue weighted by Gasteiger charge is 2.35. The van der Waals surface area contributed by atoms with E-state index in [2.05, 4.69) is 0 Å². The van der Waals surface area contributed by atoms with Crippen molar-refractivity contribution < 1.29 is 39.5 Å². The smallest absolute Gasteiger partial charge is 0.309 e. The zero-order valence-electron chi connectivity index (χ0n) is 21.9. The molecule has 8 unspecified atom stereocenters. The van der Waals surface area contributed by atoms with Crippen molar-refractivity contribution >= 4 is 11.9 Å². The average molecular weight is 497 g/mol. The van der Waals surface area contributed by atoms with Gasteiger partial charge in [-0.1, -0.05) is 45.1 Å². The minimum absolute atomic E-state index is 0.0216. The Morgan fingerprint density at radius 1 is 1.29 bits per heavy atom. The average Bonchev–Trinajstić information content (AvgIpc) is 2.76. The predicted molar refractivity (Wildman–Crippen MR) is 133 cm³/mol. The van der Waals surface area contributed by atoms with E-state index in [-0.39, 0.29) is 31.1 Å². The van der Waals surface area contributed by atoms with Crippen molar-refractivity contribution in [2.75, 3.05) is 0 Å². The van der Waals surface area contributed by atoms with E-state index in [9.17, 15) is 30.0 Å². The largest absolute Gasteiger partial charge is 0.457 e. The van der Waals surface area contributed by atoms with Crippen LogP contribution in [0.4, 0.5) is 0 Å². The lowest BCUT2D eigenvalue weighted by Crippen LogP contribution is -2.42. The number of hydrogen-bond donors (Lipinski definition) is 4. The van der Waals surface area contributed by atoms with Gasteiger partial charge in [-0.15, -0.1) is 0 Å². The summed E-state index contributed by atoms with van der Waals surface area (Å²) in [7, 11) is 0. The van der Waals surface area contributed by atoms with Gasteiger partial charge in [-0.3, -0.25) is 9.59 Å². The van der Waals surface area contributed by atoms with Crippen LogP contribution in [0.25, 0.3) is 0 Å². The Labute approximate surface area is 209 Å². The van der Waals surface area contributed by atoms with Gasteiger partial charge < -0.3 is 29.9 Å². The fourth-order valence-corrected chi connectivity index (χ4v) is 4.01. The van der Waals surface area contributed by atoms with E-state index in [1.807, 2.05) is 45.9 Å². The summed E-state index contributed by atoms with van der Waals surface area (Å²) < 4.78 is 11.0. The second-order valence-electron chi connectivity index (χ2n) is 9.99. The molecule has 8 heteroatoms. The fourth-order valence-electron chi connectivity index (χ4n) is 4.01. The molecule has 1 aliphatic rings. The molecule has 0 spiro atoms. The number of allylic oxidation sites excluding steroid dienone is 3. The molecule has 0 saturated carbocycles. The minimum Gasteiger partial charge on any atom is -0.457 e. The van der Waals surface area contributed by atoms with Crippen molar-refractivity contribution in [1.82, 2.24) is 0 Å². The molecule has 0 aliphatic carbocycles. The number of cyclic esters (lactones) is 1. The predicted octanol–water partition coefficient (Wildman–Crippen LogP) is 2.98. The second kappa shape index (κ2) is 14.5. The lowest BCUT2D eigenvalue weighted by Gasteiger charge is -2.32. The SMILES string of the molecule is CCC(O)C(O)CC(C)C=CC=C(C)C1OC(=O)CC(O)CCC(C)(O)C(OC(C)=O)C=CC1C. The molecule has 0 amide bonds. The van der Waals surface area contributed by atoms with Gasteiger partial charge in [0, 0.05) is 12.8 Å². The van der Waals surface area contributed by atoms with Gasteiger partial charge in [0.25, 0.3) is 0 Å². The molecule has 1 heterocycles. The molecule has 0 fully saturated rings. The Morgan fingerprint density at radius 3 is 2.54 bits per heavy atom. The Balaban J connectivity index is 3.12. The number of carbonyl (C=O) groups is 2. The van der Waals surface area contributed by atoms with Crippen molar-refractivity contribution in [2.45, 2.75) is 110 Å². The molecule has 0 aromatic carbocycles. The van der Waals surface area contributed by atoms with E-state index in [0.717, 1.165) is 5.57 Å². The summed E-state index contributed by atoms with van der Waals surface area (Å²) in [6.45, 7) is 10.2. The number of carbonyl (C=O) groups excluding carboxylic acids is 2. The Hall–Kier alpha value is -2.00. The number of hydrogen-bond acceptors (Lipinski definition) is 8. The standard InChI is InChI=1S/C27H44O8/c1-7-22(30)23(31)15-17(2)9-8-10-18(3)26-19(4)11-12-24(34-20(5)28)27(6,33)14-13-21(29)16-25(32)35-26/h8-12,17,19,21-24,26,29-31,33H,7,13-16H2,1-6H3. The third-order valence-electron chi connectivity index (χ3n) is 6.34. The number of ether oxygens (including phenoxy) is 2. The first-order valence-electron chi connectivity index (χ1n) is 12.4. The van der Waals surface area contributed by atoms with Gasteiger partial charge in [0.2, 0.25) is 0 Å². The summed E-state index contributed by atoms with van der Waals surface area (Å²) in [4.78, 5) is 24.1. The van der Waals surface area contributed by atoms with E-state index in [1.165, 1.54) is 13.8 Å². The van der Waals surface area contributed by atoms with Crippen LogP contribution in [-0.2, 0) is 19.1 Å². The monoisotopic (exact) mass is 496 g/mol. The highest BCUT2D eigenvalue weighted by molar-refractivity contribution is 5.70. The lowest BCUT2D eigenvalue weighted by atomic mass is 9.88. The molecule has 4 N–H and O–H groups in total. The van der Waals surface area contributed by atoms with E-state index < -0.39 is 48.1 Å². The van der Waals surface area contributed by atoms with Crippen LogP contribution < -0.4 is 0 Å². The van der Waals surface area contributed by atoms with Gasteiger partial charge in [0.15, 0.2) is 0 Å². The van der Waals surface area contributed by atoms with Crippen LogP contribution in [0.2, 0.25) is 0 Å². The second-order valence-corrected chi connectivity index (χ2v) is 9.99. The molecule has 35 heavy (non-hydrogen) atoms. The summed E-state index contributed by atoms with van der Waals surface area (Å²) in [6, 6.07) is 0. The minimum atomic E-state index is -1.42.